The summed E-state index contributed by atoms with van der Waals surface area (Å²) in [5.41, 5.74) is 3.58. The van der Waals surface area contributed by atoms with Gasteiger partial charge in [-0.05, 0) is 29.2 Å². The minimum atomic E-state index is -0.938. The van der Waals surface area contributed by atoms with Crippen molar-refractivity contribution in [2.24, 2.45) is 5.41 Å². The first-order valence-corrected chi connectivity index (χ1v) is 10.5. The summed E-state index contributed by atoms with van der Waals surface area (Å²) in [4.78, 5) is 37.5. The number of alkyl carbamates (subject to hydrolysis) is 1. The van der Waals surface area contributed by atoms with Gasteiger partial charge in [-0.25, -0.2) is 4.79 Å². The van der Waals surface area contributed by atoms with Crippen LogP contribution in [0.4, 0.5) is 4.79 Å². The first-order chi connectivity index (χ1) is 15.3. The van der Waals surface area contributed by atoms with Gasteiger partial charge < -0.3 is 24.8 Å². The van der Waals surface area contributed by atoms with Crippen LogP contribution in [-0.4, -0.2) is 67.4 Å². The van der Waals surface area contributed by atoms with Crippen molar-refractivity contribution in [3.63, 3.8) is 0 Å². The van der Waals surface area contributed by atoms with E-state index >= 15 is 0 Å². The lowest BCUT2D eigenvalue weighted by Crippen LogP contribution is -2.63. The van der Waals surface area contributed by atoms with Crippen molar-refractivity contribution in [2.45, 2.75) is 18.9 Å². The summed E-state index contributed by atoms with van der Waals surface area (Å²) in [7, 11) is 1.37. The molecule has 4 rings (SSSR count). The Kier molecular flexibility index (Phi) is 5.88. The number of carboxylic acid groups (broad SMARTS) is 1. The number of carbonyl (C=O) groups is 3. The van der Waals surface area contributed by atoms with Gasteiger partial charge in [-0.15, -0.1) is 0 Å². The highest BCUT2D eigenvalue weighted by Crippen LogP contribution is 2.44. The van der Waals surface area contributed by atoms with Crippen LogP contribution in [0, 0.1) is 5.41 Å². The molecule has 32 heavy (non-hydrogen) atoms. The number of aliphatic carboxylic acids is 1. The molecule has 8 heteroatoms. The number of likely N-dealkylation sites (tertiary alicyclic amines) is 1. The number of nitrogens with one attached hydrogen (secondary N) is 1. The van der Waals surface area contributed by atoms with Crippen LogP contribution in [0.3, 0.4) is 0 Å². The molecule has 0 bridgehead atoms. The molecule has 1 atom stereocenters. The predicted molar refractivity (Wildman–Crippen MR) is 116 cm³/mol. The number of benzene rings is 2. The fraction of sp³-hybridized carbons (Fsp3) is 0.375. The number of carboxylic acids is 1. The molecule has 0 radical (unpaired) electrons. The maximum absolute atomic E-state index is 12.5. The van der Waals surface area contributed by atoms with Crippen LogP contribution in [-0.2, 0) is 19.1 Å². The SMILES string of the molecule is COC(CNC(=O)OCC1c2ccccc2-c2ccccc21)C(=O)N1CC(C)(C(=O)O)C1. The third-order valence-corrected chi connectivity index (χ3v) is 6.24. The highest BCUT2D eigenvalue weighted by Gasteiger charge is 2.48. The molecule has 2 N–H and O–H groups in total. The maximum atomic E-state index is 12.5. The van der Waals surface area contributed by atoms with Crippen molar-refractivity contribution in [1.82, 2.24) is 10.2 Å². The van der Waals surface area contributed by atoms with Crippen LogP contribution in [0.15, 0.2) is 48.5 Å². The average molecular weight is 438 g/mol. The minimum Gasteiger partial charge on any atom is -0.481 e. The number of methoxy groups -OCH3 is 1. The molecule has 2 amide bonds. The Bertz CT molecular complexity index is 1000. The first kappa shape index (κ1) is 21.8. The highest BCUT2D eigenvalue weighted by molar-refractivity contribution is 5.86. The summed E-state index contributed by atoms with van der Waals surface area (Å²) in [6.07, 6.45) is -1.55. The molecule has 0 saturated carbocycles. The summed E-state index contributed by atoms with van der Waals surface area (Å²) in [5.74, 6) is -1.35. The van der Waals surface area contributed by atoms with Crippen LogP contribution < -0.4 is 5.32 Å². The Morgan fingerprint density at radius 2 is 1.66 bits per heavy atom. The summed E-state index contributed by atoms with van der Waals surface area (Å²) >= 11 is 0. The molecule has 0 aromatic heterocycles. The molecule has 8 nitrogen and oxygen atoms in total. The Labute approximate surface area is 186 Å². The summed E-state index contributed by atoms with van der Waals surface area (Å²) < 4.78 is 10.7. The lowest BCUT2D eigenvalue weighted by atomic mass is 9.82. The molecule has 1 aliphatic heterocycles. The van der Waals surface area contributed by atoms with Crippen LogP contribution in [0.25, 0.3) is 11.1 Å². The Hall–Kier alpha value is -3.39. The van der Waals surface area contributed by atoms with Gasteiger partial charge >= 0.3 is 12.1 Å². The molecule has 2 aliphatic rings. The standard InChI is InChI=1S/C24H26N2O6/c1-24(22(28)29)13-26(14-24)21(27)20(31-2)11-25-23(30)32-12-19-17-9-5-3-7-15(17)16-8-4-6-10-18(16)19/h3-10,19-20H,11-14H2,1-2H3,(H,25,30)(H,28,29). The molecule has 1 saturated heterocycles. The molecular formula is C24H26N2O6. The van der Waals surface area contributed by atoms with Gasteiger partial charge in [0.05, 0.1) is 6.54 Å². The zero-order chi connectivity index (χ0) is 22.9. The van der Waals surface area contributed by atoms with Gasteiger partial charge in [0.2, 0.25) is 0 Å². The quantitative estimate of drug-likeness (QED) is 0.688. The van der Waals surface area contributed by atoms with Crippen molar-refractivity contribution < 1.29 is 29.0 Å². The van der Waals surface area contributed by atoms with Gasteiger partial charge in [-0.3, -0.25) is 9.59 Å². The highest BCUT2D eigenvalue weighted by atomic mass is 16.5. The van der Waals surface area contributed by atoms with E-state index in [0.717, 1.165) is 22.3 Å². The monoisotopic (exact) mass is 438 g/mol. The van der Waals surface area contributed by atoms with Crippen molar-refractivity contribution in [2.75, 3.05) is 33.4 Å². The van der Waals surface area contributed by atoms with Crippen LogP contribution in [0.5, 0.6) is 0 Å². The second-order valence-electron chi connectivity index (χ2n) is 8.49. The molecule has 0 spiro atoms. The number of fused-ring (bicyclic) bond motifs is 3. The summed E-state index contributed by atoms with van der Waals surface area (Å²) in [5, 5.41) is 11.8. The van der Waals surface area contributed by atoms with E-state index in [1.54, 1.807) is 6.92 Å². The summed E-state index contributed by atoms with van der Waals surface area (Å²) in [6, 6.07) is 16.1. The van der Waals surface area contributed by atoms with Crippen LogP contribution >= 0.6 is 0 Å². The lowest BCUT2D eigenvalue weighted by molar-refractivity contribution is -0.168. The van der Waals surface area contributed by atoms with Crippen LogP contribution in [0.1, 0.15) is 24.0 Å². The number of hydrogen-bond acceptors (Lipinski definition) is 5. The minimum absolute atomic E-state index is 0.0530. The van der Waals surface area contributed by atoms with Gasteiger partial charge in [0.25, 0.3) is 5.91 Å². The van der Waals surface area contributed by atoms with E-state index in [-0.39, 0.29) is 38.1 Å². The zero-order valence-corrected chi connectivity index (χ0v) is 18.0. The van der Waals surface area contributed by atoms with Gasteiger partial charge in [-0.1, -0.05) is 48.5 Å². The topological polar surface area (TPSA) is 105 Å². The third kappa shape index (κ3) is 3.93. The van der Waals surface area contributed by atoms with Gasteiger partial charge in [0.15, 0.2) is 6.10 Å². The van der Waals surface area contributed by atoms with E-state index in [4.69, 9.17) is 9.47 Å². The van der Waals surface area contributed by atoms with E-state index in [2.05, 4.69) is 17.4 Å². The number of ether oxygens (including phenoxy) is 2. The fourth-order valence-corrected chi connectivity index (χ4v) is 4.39. The Morgan fingerprint density at radius 3 is 2.19 bits per heavy atom. The number of amides is 2. The van der Waals surface area contributed by atoms with E-state index in [0.29, 0.717) is 0 Å². The molecule has 1 unspecified atom stereocenters. The second kappa shape index (κ2) is 8.63. The van der Waals surface area contributed by atoms with Crippen molar-refractivity contribution in [1.29, 1.82) is 0 Å². The predicted octanol–water partition coefficient (Wildman–Crippen LogP) is 2.47. The van der Waals surface area contributed by atoms with Crippen molar-refractivity contribution in [3.8, 4) is 11.1 Å². The number of rotatable bonds is 7. The largest absolute Gasteiger partial charge is 0.481 e. The number of nitrogens with zero attached hydrogens (tertiary/aromatic N) is 1. The normalized spacial score (nSPS) is 17.0. The van der Waals surface area contributed by atoms with E-state index < -0.39 is 23.6 Å². The average Bonchev–Trinajstić information content (AvgIpc) is 3.09. The Morgan fingerprint density at radius 1 is 1.09 bits per heavy atom. The molecule has 1 heterocycles. The molecule has 2 aromatic carbocycles. The third-order valence-electron chi connectivity index (χ3n) is 6.24. The fourth-order valence-electron chi connectivity index (χ4n) is 4.39. The van der Waals surface area contributed by atoms with Gasteiger partial charge in [0.1, 0.15) is 12.0 Å². The first-order valence-electron chi connectivity index (χ1n) is 10.5. The number of hydrogen-bond donors (Lipinski definition) is 2. The van der Waals surface area contributed by atoms with E-state index in [1.807, 2.05) is 36.4 Å². The van der Waals surface area contributed by atoms with Gasteiger partial charge in [-0.2, -0.15) is 0 Å². The maximum Gasteiger partial charge on any atom is 0.407 e. The van der Waals surface area contributed by atoms with Gasteiger partial charge in [0, 0.05) is 26.1 Å². The van der Waals surface area contributed by atoms with Crippen LogP contribution in [0.2, 0.25) is 0 Å². The van der Waals surface area contributed by atoms with E-state index in [1.165, 1.54) is 12.0 Å². The Balaban J connectivity index is 1.31. The van der Waals surface area contributed by atoms with E-state index in [9.17, 15) is 19.5 Å². The lowest BCUT2D eigenvalue weighted by Gasteiger charge is -2.45. The summed E-state index contributed by atoms with van der Waals surface area (Å²) in [6.45, 7) is 1.94. The smallest absolute Gasteiger partial charge is 0.407 e. The van der Waals surface area contributed by atoms with Crippen molar-refractivity contribution >= 4 is 18.0 Å². The molecule has 1 aliphatic carbocycles. The number of carbonyl (C=O) groups excluding carboxylic acids is 2. The second-order valence-corrected chi connectivity index (χ2v) is 8.49. The molecular weight excluding hydrogens is 412 g/mol. The molecule has 168 valence electrons. The van der Waals surface area contributed by atoms with Crippen molar-refractivity contribution in [3.05, 3.63) is 59.7 Å². The zero-order valence-electron chi connectivity index (χ0n) is 18.0. The molecule has 2 aromatic rings. The molecule has 1 fully saturated rings.